The highest BCUT2D eigenvalue weighted by atomic mass is 19.4. The van der Waals surface area contributed by atoms with Crippen LogP contribution in [0.2, 0.25) is 0 Å². The number of pyridine rings is 1. The summed E-state index contributed by atoms with van der Waals surface area (Å²) in [7, 11) is 0. The SMILES string of the molecule is N#Cc1c(C(=O)N2CCN(C3CC4CC4C3)C(=O)C2)nc2c(C(F)(F)F)cc(C3CC3)cn12. The van der Waals surface area contributed by atoms with Gasteiger partial charge in [-0.3, -0.25) is 14.0 Å². The molecule has 0 radical (unpaired) electrons. The minimum absolute atomic E-state index is 0.0240. The minimum atomic E-state index is -4.67. The molecule has 0 bridgehead atoms. The smallest absolute Gasteiger partial charge is 0.336 e. The molecule has 172 valence electrons. The van der Waals surface area contributed by atoms with E-state index in [0.29, 0.717) is 12.1 Å². The Morgan fingerprint density at radius 1 is 1.15 bits per heavy atom. The lowest BCUT2D eigenvalue weighted by Crippen LogP contribution is -2.55. The Labute approximate surface area is 187 Å². The van der Waals surface area contributed by atoms with Gasteiger partial charge in [-0.05, 0) is 61.5 Å². The summed E-state index contributed by atoms with van der Waals surface area (Å²) in [6, 6.07) is 3.16. The number of imidazole rings is 1. The zero-order valence-electron chi connectivity index (χ0n) is 17.8. The first-order valence-electron chi connectivity index (χ1n) is 11.4. The van der Waals surface area contributed by atoms with Crippen LogP contribution in [-0.2, 0) is 11.0 Å². The molecule has 0 spiro atoms. The summed E-state index contributed by atoms with van der Waals surface area (Å²) in [4.78, 5) is 33.1. The molecule has 2 atom stereocenters. The summed E-state index contributed by atoms with van der Waals surface area (Å²) in [6.45, 7) is 0.515. The molecule has 2 aromatic rings. The third-order valence-electron chi connectivity index (χ3n) is 7.61. The van der Waals surface area contributed by atoms with E-state index in [-0.39, 0.29) is 42.3 Å². The van der Waals surface area contributed by atoms with Gasteiger partial charge in [0.25, 0.3) is 5.91 Å². The number of alkyl halides is 3. The summed E-state index contributed by atoms with van der Waals surface area (Å²) < 4.78 is 42.4. The quantitative estimate of drug-likeness (QED) is 0.709. The van der Waals surface area contributed by atoms with Crippen LogP contribution in [0.3, 0.4) is 0 Å². The molecule has 3 heterocycles. The molecule has 2 amide bonds. The van der Waals surface area contributed by atoms with Gasteiger partial charge in [0.2, 0.25) is 5.91 Å². The summed E-state index contributed by atoms with van der Waals surface area (Å²) in [6.07, 6.45) is 1.67. The van der Waals surface area contributed by atoms with Crippen LogP contribution < -0.4 is 0 Å². The van der Waals surface area contributed by atoms with Crippen LogP contribution in [0.5, 0.6) is 0 Å². The Morgan fingerprint density at radius 2 is 1.88 bits per heavy atom. The molecule has 2 unspecified atom stereocenters. The van der Waals surface area contributed by atoms with Gasteiger partial charge in [-0.25, -0.2) is 4.98 Å². The molecule has 10 heteroatoms. The average molecular weight is 457 g/mol. The van der Waals surface area contributed by atoms with Crippen molar-refractivity contribution in [1.82, 2.24) is 19.2 Å². The number of nitriles is 1. The maximum Gasteiger partial charge on any atom is 0.419 e. The topological polar surface area (TPSA) is 81.7 Å². The molecule has 1 saturated heterocycles. The molecule has 33 heavy (non-hydrogen) atoms. The maximum absolute atomic E-state index is 13.8. The van der Waals surface area contributed by atoms with Crippen molar-refractivity contribution in [2.75, 3.05) is 19.6 Å². The highest BCUT2D eigenvalue weighted by molar-refractivity contribution is 5.98. The van der Waals surface area contributed by atoms with Gasteiger partial charge in [-0.2, -0.15) is 18.4 Å². The van der Waals surface area contributed by atoms with E-state index in [0.717, 1.165) is 48.0 Å². The van der Waals surface area contributed by atoms with Gasteiger partial charge in [0.1, 0.15) is 12.6 Å². The largest absolute Gasteiger partial charge is 0.419 e. The number of aromatic nitrogens is 2. The fourth-order valence-corrected chi connectivity index (χ4v) is 5.60. The van der Waals surface area contributed by atoms with E-state index < -0.39 is 23.3 Å². The molecule has 4 fully saturated rings. The minimum Gasteiger partial charge on any atom is -0.336 e. The van der Waals surface area contributed by atoms with E-state index in [9.17, 15) is 28.0 Å². The number of carbonyl (C=O) groups excluding carboxylic acids is 2. The summed E-state index contributed by atoms with van der Waals surface area (Å²) in [5.74, 6) is 0.633. The number of piperazine rings is 1. The molecule has 3 saturated carbocycles. The van der Waals surface area contributed by atoms with Crippen molar-refractivity contribution in [3.05, 3.63) is 34.8 Å². The van der Waals surface area contributed by atoms with Crippen LogP contribution in [0.1, 0.15) is 65.3 Å². The molecule has 6 rings (SSSR count). The molecule has 3 aliphatic carbocycles. The number of carbonyl (C=O) groups is 2. The highest BCUT2D eigenvalue weighted by Gasteiger charge is 2.49. The zero-order valence-corrected chi connectivity index (χ0v) is 17.8. The Morgan fingerprint density at radius 3 is 2.48 bits per heavy atom. The summed E-state index contributed by atoms with van der Waals surface area (Å²) in [5.41, 5.74) is -1.49. The van der Waals surface area contributed by atoms with E-state index in [4.69, 9.17) is 0 Å². The number of hydrogen-bond donors (Lipinski definition) is 0. The summed E-state index contributed by atoms with van der Waals surface area (Å²) in [5, 5.41) is 9.72. The van der Waals surface area contributed by atoms with Crippen molar-refractivity contribution in [2.24, 2.45) is 11.8 Å². The van der Waals surface area contributed by atoms with Gasteiger partial charge in [0.15, 0.2) is 17.0 Å². The van der Waals surface area contributed by atoms with Gasteiger partial charge >= 0.3 is 6.18 Å². The predicted octanol–water partition coefficient (Wildman–Crippen LogP) is 3.19. The third-order valence-corrected chi connectivity index (χ3v) is 7.61. The Hall–Kier alpha value is -3.09. The molecule has 7 nitrogen and oxygen atoms in total. The maximum atomic E-state index is 13.8. The van der Waals surface area contributed by atoms with Crippen molar-refractivity contribution in [2.45, 2.75) is 50.2 Å². The van der Waals surface area contributed by atoms with Gasteiger partial charge in [-0.15, -0.1) is 0 Å². The number of fused-ring (bicyclic) bond motifs is 2. The predicted molar refractivity (Wildman–Crippen MR) is 109 cm³/mol. The third kappa shape index (κ3) is 3.36. The monoisotopic (exact) mass is 457 g/mol. The standard InChI is InChI=1S/C23H22F3N5O2/c24-23(25,26)17-8-15(12-1-2-12)10-31-18(9-27)20(28-21(17)31)22(33)29-3-4-30(19(32)11-29)16-6-13-5-14(13)7-16/h8,10,12-14,16H,1-7,11H2. The lowest BCUT2D eigenvalue weighted by Gasteiger charge is -2.38. The Balaban J connectivity index is 1.31. The van der Waals surface area contributed by atoms with Crippen molar-refractivity contribution in [1.29, 1.82) is 5.26 Å². The number of halogens is 3. The molecular formula is C23H22F3N5O2. The van der Waals surface area contributed by atoms with E-state index in [1.165, 1.54) is 17.5 Å². The molecular weight excluding hydrogens is 435 g/mol. The van der Waals surface area contributed by atoms with Crippen molar-refractivity contribution in [3.8, 4) is 6.07 Å². The van der Waals surface area contributed by atoms with Crippen LogP contribution in [0.25, 0.3) is 5.65 Å². The van der Waals surface area contributed by atoms with Crippen LogP contribution in [-0.4, -0.2) is 56.7 Å². The first kappa shape index (κ1) is 20.5. The first-order valence-corrected chi connectivity index (χ1v) is 11.4. The Kier molecular flexibility index (Phi) is 4.32. The normalized spacial score (nSPS) is 27.1. The van der Waals surface area contributed by atoms with Crippen LogP contribution in [0, 0.1) is 23.2 Å². The van der Waals surface area contributed by atoms with E-state index >= 15 is 0 Å². The lowest BCUT2D eigenvalue weighted by atomic mass is 10.1. The van der Waals surface area contributed by atoms with Crippen molar-refractivity contribution >= 4 is 17.5 Å². The van der Waals surface area contributed by atoms with Crippen LogP contribution in [0.15, 0.2) is 12.3 Å². The second kappa shape index (κ2) is 6.95. The highest BCUT2D eigenvalue weighted by Crippen LogP contribution is 2.53. The van der Waals surface area contributed by atoms with Crippen LogP contribution in [0.4, 0.5) is 13.2 Å². The van der Waals surface area contributed by atoms with Gasteiger partial charge in [0.05, 0.1) is 5.56 Å². The van der Waals surface area contributed by atoms with Gasteiger partial charge in [0, 0.05) is 25.3 Å². The van der Waals surface area contributed by atoms with Crippen LogP contribution >= 0.6 is 0 Å². The van der Waals surface area contributed by atoms with Gasteiger partial charge < -0.3 is 9.80 Å². The van der Waals surface area contributed by atoms with E-state index in [1.807, 2.05) is 11.0 Å². The number of hydrogen-bond acceptors (Lipinski definition) is 4. The van der Waals surface area contributed by atoms with Crippen molar-refractivity contribution < 1.29 is 22.8 Å². The number of rotatable bonds is 3. The number of amides is 2. The van der Waals surface area contributed by atoms with E-state index in [2.05, 4.69) is 4.98 Å². The molecule has 0 aromatic carbocycles. The Bertz CT molecular complexity index is 1220. The average Bonchev–Trinajstić information content (AvgIpc) is 3.69. The van der Waals surface area contributed by atoms with Gasteiger partial charge in [-0.1, -0.05) is 0 Å². The molecule has 0 N–H and O–H groups in total. The second-order valence-corrected chi connectivity index (χ2v) is 9.77. The molecule has 2 aromatic heterocycles. The number of nitrogens with zero attached hydrogens (tertiary/aromatic N) is 5. The zero-order chi connectivity index (χ0) is 23.1. The molecule has 4 aliphatic rings. The van der Waals surface area contributed by atoms with E-state index in [1.54, 1.807) is 0 Å². The fraction of sp³-hybridized carbons (Fsp3) is 0.565. The first-order chi connectivity index (χ1) is 15.7. The summed E-state index contributed by atoms with van der Waals surface area (Å²) >= 11 is 0. The molecule has 1 aliphatic heterocycles. The van der Waals surface area contributed by atoms with Crippen molar-refractivity contribution in [3.63, 3.8) is 0 Å². The lowest BCUT2D eigenvalue weighted by molar-refractivity contribution is -0.138. The second-order valence-electron chi connectivity index (χ2n) is 9.77. The fourth-order valence-electron chi connectivity index (χ4n) is 5.60.